The highest BCUT2D eigenvalue weighted by Gasteiger charge is 2.20. The van der Waals surface area contributed by atoms with Crippen molar-refractivity contribution >= 4 is 35.4 Å². The molecule has 0 heterocycles. The predicted molar refractivity (Wildman–Crippen MR) is 243 cm³/mol. The molecule has 5 aromatic rings. The highest BCUT2D eigenvalue weighted by molar-refractivity contribution is 6.01. The number of aliphatic hydroxyl groups is 2. The number of aliphatic imine (C=N–C) groups is 2. The van der Waals surface area contributed by atoms with Crippen molar-refractivity contribution in [2.24, 2.45) is 9.98 Å². The van der Waals surface area contributed by atoms with Crippen LogP contribution in [0.5, 0.6) is 11.5 Å². The van der Waals surface area contributed by atoms with Crippen molar-refractivity contribution in [1.29, 1.82) is 0 Å². The summed E-state index contributed by atoms with van der Waals surface area (Å²) in [4.78, 5) is 35.3. The second-order valence-corrected chi connectivity index (χ2v) is 15.2. The van der Waals surface area contributed by atoms with E-state index < -0.39 is 12.2 Å². The van der Waals surface area contributed by atoms with E-state index >= 15 is 0 Å². The Kier molecular flexibility index (Phi) is 18.9. The number of rotatable bonds is 26. The Morgan fingerprint density at radius 3 is 1.25 bits per heavy atom. The second kappa shape index (κ2) is 25.0. The maximum absolute atomic E-state index is 13.1. The summed E-state index contributed by atoms with van der Waals surface area (Å²) in [5, 5.41) is 21.6. The van der Waals surface area contributed by atoms with Crippen molar-refractivity contribution in [2.45, 2.75) is 103 Å². The van der Waals surface area contributed by atoms with Gasteiger partial charge in [-0.15, -0.1) is 0 Å². The smallest absolute Gasteiger partial charge is 0.195 e. The van der Waals surface area contributed by atoms with Crippen LogP contribution in [-0.2, 0) is 0 Å². The number of hydrogen-bond acceptors (Lipinski definition) is 8. The Balaban J connectivity index is 1.07. The summed E-state index contributed by atoms with van der Waals surface area (Å²) < 4.78 is 11.7. The molecule has 0 saturated carbocycles. The molecule has 0 saturated heterocycles. The van der Waals surface area contributed by atoms with Crippen LogP contribution in [-0.4, -0.2) is 47.4 Å². The molecule has 2 unspecified atom stereocenters. The maximum atomic E-state index is 13.1. The SMILES string of the molecule is CCCCCCCCOc1ccc(C(O)C(=O)c2ccc(N=Cc3cccc(C=Nc4ccc(C(=O)C(O)c5ccc(OCCCCCCCC)cc5)cc4)c3)cc2)cc1. The van der Waals surface area contributed by atoms with Gasteiger partial charge in [-0.25, -0.2) is 0 Å². The normalized spacial score (nSPS) is 12.5. The molecular formula is C52H60N2O6. The minimum Gasteiger partial charge on any atom is -0.494 e. The average Bonchev–Trinajstić information content (AvgIpc) is 3.29. The lowest BCUT2D eigenvalue weighted by molar-refractivity contribution is 0.0743. The number of ether oxygens (including phenoxy) is 2. The third kappa shape index (κ3) is 14.8. The van der Waals surface area contributed by atoms with E-state index in [0.29, 0.717) is 46.8 Å². The first-order valence-electron chi connectivity index (χ1n) is 21.6. The minimum atomic E-state index is -1.28. The van der Waals surface area contributed by atoms with Crippen molar-refractivity contribution < 1.29 is 29.3 Å². The molecule has 2 N–H and O–H groups in total. The van der Waals surface area contributed by atoms with Gasteiger partial charge in [-0.1, -0.05) is 121 Å². The lowest BCUT2D eigenvalue weighted by Crippen LogP contribution is -2.12. The number of nitrogens with zero attached hydrogens (tertiary/aromatic N) is 2. The number of carbonyl (C=O) groups excluding carboxylic acids is 2. The molecule has 0 amide bonds. The van der Waals surface area contributed by atoms with E-state index in [4.69, 9.17) is 9.47 Å². The summed E-state index contributed by atoms with van der Waals surface area (Å²) >= 11 is 0. The Hall–Kier alpha value is -5.70. The number of Topliss-reactive ketones (excluding diaryl/α,β-unsaturated/α-hetero) is 2. The van der Waals surface area contributed by atoms with Crippen molar-refractivity contribution in [3.63, 3.8) is 0 Å². The van der Waals surface area contributed by atoms with Gasteiger partial charge < -0.3 is 19.7 Å². The van der Waals surface area contributed by atoms with Gasteiger partial charge in [0.25, 0.3) is 0 Å². The summed E-state index contributed by atoms with van der Waals surface area (Å²) in [7, 11) is 0. The molecule has 5 rings (SSSR count). The quantitative estimate of drug-likeness (QED) is 0.0326. The number of aliphatic hydroxyl groups excluding tert-OH is 2. The first-order chi connectivity index (χ1) is 29.3. The fourth-order valence-corrected chi connectivity index (χ4v) is 6.70. The molecule has 5 aromatic carbocycles. The molecule has 8 heteroatoms. The lowest BCUT2D eigenvalue weighted by atomic mass is 10.00. The summed E-state index contributed by atoms with van der Waals surface area (Å²) in [6, 6.07) is 35.5. The van der Waals surface area contributed by atoms with Crippen LogP contribution in [0.25, 0.3) is 0 Å². The van der Waals surface area contributed by atoms with Crippen LogP contribution in [0, 0.1) is 0 Å². The van der Waals surface area contributed by atoms with Gasteiger partial charge in [-0.3, -0.25) is 19.6 Å². The zero-order valence-electron chi connectivity index (χ0n) is 35.2. The topological polar surface area (TPSA) is 118 Å². The summed E-state index contributed by atoms with van der Waals surface area (Å²) in [6.07, 6.45) is 15.3. The van der Waals surface area contributed by atoms with Crippen molar-refractivity contribution in [3.8, 4) is 11.5 Å². The highest BCUT2D eigenvalue weighted by Crippen LogP contribution is 2.25. The van der Waals surface area contributed by atoms with Crippen LogP contribution in [0.2, 0.25) is 0 Å². The monoisotopic (exact) mass is 808 g/mol. The fraction of sp³-hybridized carbons (Fsp3) is 0.346. The number of benzene rings is 5. The van der Waals surface area contributed by atoms with E-state index in [0.717, 1.165) is 48.3 Å². The third-order valence-corrected chi connectivity index (χ3v) is 10.4. The molecule has 0 radical (unpaired) electrons. The van der Waals surface area contributed by atoms with Gasteiger partial charge in [0.15, 0.2) is 11.6 Å². The van der Waals surface area contributed by atoms with Gasteiger partial charge in [0.05, 0.1) is 24.6 Å². The van der Waals surface area contributed by atoms with Crippen molar-refractivity contribution in [2.75, 3.05) is 13.2 Å². The molecule has 314 valence electrons. The Bertz CT molecular complexity index is 1940. The maximum Gasteiger partial charge on any atom is 0.195 e. The molecule has 0 spiro atoms. The Morgan fingerprint density at radius 1 is 0.500 bits per heavy atom. The summed E-state index contributed by atoms with van der Waals surface area (Å²) in [6.45, 7) is 5.74. The summed E-state index contributed by atoms with van der Waals surface area (Å²) in [5.74, 6) is 0.684. The van der Waals surface area contributed by atoms with Crippen LogP contribution in [0.15, 0.2) is 131 Å². The van der Waals surface area contributed by atoms with Crippen LogP contribution >= 0.6 is 0 Å². The van der Waals surface area contributed by atoms with E-state index in [1.807, 2.05) is 24.3 Å². The second-order valence-electron chi connectivity index (χ2n) is 15.2. The van der Waals surface area contributed by atoms with Gasteiger partial charge in [0.1, 0.15) is 23.7 Å². The van der Waals surface area contributed by atoms with Gasteiger partial charge in [-0.2, -0.15) is 0 Å². The molecule has 0 aliphatic rings. The largest absolute Gasteiger partial charge is 0.494 e. The van der Waals surface area contributed by atoms with E-state index in [2.05, 4.69) is 23.8 Å². The molecule has 0 aliphatic heterocycles. The zero-order chi connectivity index (χ0) is 42.4. The summed E-state index contributed by atoms with van der Waals surface area (Å²) in [5.41, 5.74) is 4.87. The lowest BCUT2D eigenvalue weighted by Gasteiger charge is -2.12. The van der Waals surface area contributed by atoms with Gasteiger partial charge in [0.2, 0.25) is 0 Å². The number of ketones is 2. The van der Waals surface area contributed by atoms with Crippen molar-refractivity contribution in [3.05, 3.63) is 155 Å². The predicted octanol–water partition coefficient (Wildman–Crippen LogP) is 12.5. The van der Waals surface area contributed by atoms with E-state index in [9.17, 15) is 19.8 Å². The zero-order valence-corrected chi connectivity index (χ0v) is 35.2. The molecule has 0 aliphatic carbocycles. The Morgan fingerprint density at radius 2 is 0.867 bits per heavy atom. The standard InChI is InChI=1S/C52H60N2O6/c1-3-5-7-9-11-13-34-59-47-30-22-43(23-31-47)51(57)49(55)41-18-26-45(27-19-41)53-37-39-16-15-17-40(36-39)38-54-46-28-20-42(21-29-46)50(56)52(58)44-24-32-48(33-25-44)60-35-14-12-10-8-6-4-2/h15-33,36-38,51-52,57-58H,3-14,34-35H2,1-2H3. The van der Waals surface area contributed by atoms with Crippen LogP contribution < -0.4 is 9.47 Å². The molecular weight excluding hydrogens is 749 g/mol. The molecule has 0 fully saturated rings. The first-order valence-corrected chi connectivity index (χ1v) is 21.6. The van der Waals surface area contributed by atoms with E-state index in [1.165, 1.54) is 51.4 Å². The van der Waals surface area contributed by atoms with Crippen molar-refractivity contribution in [1.82, 2.24) is 0 Å². The molecule has 0 aromatic heterocycles. The van der Waals surface area contributed by atoms with E-state index in [-0.39, 0.29) is 11.6 Å². The van der Waals surface area contributed by atoms with Crippen LogP contribution in [0.4, 0.5) is 11.4 Å². The third-order valence-electron chi connectivity index (χ3n) is 10.4. The Labute approximate surface area is 356 Å². The average molecular weight is 809 g/mol. The fourth-order valence-electron chi connectivity index (χ4n) is 6.70. The van der Waals surface area contributed by atoms with Crippen LogP contribution in [0.1, 0.15) is 146 Å². The van der Waals surface area contributed by atoms with Gasteiger partial charge in [0, 0.05) is 23.6 Å². The molecule has 0 bridgehead atoms. The first kappa shape index (κ1) is 45.4. The molecule has 8 nitrogen and oxygen atoms in total. The highest BCUT2D eigenvalue weighted by atomic mass is 16.5. The minimum absolute atomic E-state index is 0.386. The number of hydrogen-bond donors (Lipinski definition) is 2. The van der Waals surface area contributed by atoms with E-state index in [1.54, 1.807) is 109 Å². The van der Waals surface area contributed by atoms with Gasteiger partial charge in [-0.05, 0) is 114 Å². The van der Waals surface area contributed by atoms with Gasteiger partial charge >= 0.3 is 0 Å². The number of unbranched alkanes of at least 4 members (excludes halogenated alkanes) is 10. The number of carbonyl (C=O) groups is 2. The van der Waals surface area contributed by atoms with Crippen LogP contribution in [0.3, 0.4) is 0 Å². The molecule has 60 heavy (non-hydrogen) atoms. The molecule has 2 atom stereocenters.